The van der Waals surface area contributed by atoms with Crippen LogP contribution in [0.4, 0.5) is 11.4 Å². The van der Waals surface area contributed by atoms with E-state index in [1.165, 1.54) is 133 Å². The Morgan fingerprint density at radius 1 is 0.493 bits per heavy atom. The molecule has 3 heteroatoms. The van der Waals surface area contributed by atoms with Crippen LogP contribution in [0, 0.1) is 0 Å². The lowest BCUT2D eigenvalue weighted by Crippen LogP contribution is -2.39. The van der Waals surface area contributed by atoms with Gasteiger partial charge in [-0.2, -0.15) is 0 Å². The summed E-state index contributed by atoms with van der Waals surface area (Å²) in [5.41, 5.74) is 32.2. The molecule has 4 aliphatic rings. The molecule has 13 rings (SSSR count). The van der Waals surface area contributed by atoms with Gasteiger partial charge in [-0.3, -0.25) is 0 Å². The second-order valence-corrected chi connectivity index (χ2v) is 25.6. The molecule has 71 heavy (non-hydrogen) atoms. The van der Waals surface area contributed by atoms with E-state index in [1.807, 2.05) is 0 Å². The minimum Gasteiger partial charge on any atom is -0.355 e. The third kappa shape index (κ3) is 6.08. The molecule has 3 aliphatic carbocycles. The minimum atomic E-state index is -0.308. The number of benzene rings is 8. The largest absolute Gasteiger partial charge is 0.355 e. The maximum atomic E-state index is 4.85. The van der Waals surface area contributed by atoms with Crippen molar-refractivity contribution >= 4 is 57.0 Å². The van der Waals surface area contributed by atoms with Gasteiger partial charge in [0.25, 0.3) is 0 Å². The molecule has 0 fully saturated rings. The summed E-state index contributed by atoms with van der Waals surface area (Å²) >= 11 is 0. The predicted molar refractivity (Wildman–Crippen MR) is 307 cm³/mol. The van der Waals surface area contributed by atoms with E-state index < -0.39 is 0 Å². The molecule has 0 saturated heterocycles. The van der Waals surface area contributed by atoms with Crippen molar-refractivity contribution in [3.8, 4) is 50.2 Å². The van der Waals surface area contributed by atoms with Crippen LogP contribution in [0.2, 0.25) is 0 Å². The van der Waals surface area contributed by atoms with E-state index in [0.717, 1.165) is 24.2 Å². The molecule has 8 aromatic carbocycles. The molecule has 1 N–H and O–H groups in total. The van der Waals surface area contributed by atoms with Crippen LogP contribution < -0.4 is 16.2 Å². The Morgan fingerprint density at radius 2 is 1.10 bits per heavy atom. The van der Waals surface area contributed by atoms with Gasteiger partial charge < -0.3 is 9.88 Å². The van der Waals surface area contributed by atoms with Crippen molar-refractivity contribution in [1.29, 1.82) is 0 Å². The third-order valence-electron chi connectivity index (χ3n) is 17.3. The van der Waals surface area contributed by atoms with Gasteiger partial charge in [0.2, 0.25) is 0 Å². The summed E-state index contributed by atoms with van der Waals surface area (Å²) in [6.45, 7) is 35.5. The number of hydrogen-bond donors (Lipinski definition) is 1. The Bertz CT molecular complexity index is 3860. The zero-order chi connectivity index (χ0) is 49.6. The van der Waals surface area contributed by atoms with Gasteiger partial charge >= 0.3 is 0 Å². The van der Waals surface area contributed by atoms with Gasteiger partial charge in [-0.1, -0.05) is 193 Å². The van der Waals surface area contributed by atoms with Crippen molar-refractivity contribution in [3.63, 3.8) is 0 Å². The highest BCUT2D eigenvalue weighted by Crippen LogP contribution is 2.59. The molecule has 0 spiro atoms. The van der Waals surface area contributed by atoms with E-state index in [-0.39, 0.29) is 27.1 Å². The number of aromatic nitrogens is 1. The second-order valence-electron chi connectivity index (χ2n) is 25.6. The zero-order valence-electron chi connectivity index (χ0n) is 44.1. The fraction of sp³-hybridized carbons (Fsp3) is 0.265. The fourth-order valence-electron chi connectivity index (χ4n) is 13.4. The van der Waals surface area contributed by atoms with Crippen molar-refractivity contribution < 1.29 is 0 Å². The van der Waals surface area contributed by atoms with E-state index in [2.05, 4.69) is 233 Å². The molecule has 0 unspecified atom stereocenters. The van der Waals surface area contributed by atoms with Crippen LogP contribution in [0.5, 0.6) is 0 Å². The Hall–Kier alpha value is -6.84. The van der Waals surface area contributed by atoms with Crippen molar-refractivity contribution in [2.45, 2.75) is 117 Å². The standard InChI is InChI=1S/C68H65BN2/c1-37-45-31-39(65(5,6)7)25-29-42(45)47-33-49(55(34-46(37)47)70-41-27-23-38(24-28-41)64(2,3)4)60-61-58(44-20-16-18-22-52(44)68(61,13)14)59-50-32-40(66(8,9)10)26-30-56(50)71-57-35-48-43-19-15-17-21-51(43)67(11,12)53(48)36-54(57)69-62(60)63(59)71/h15-36,69-70H,1H2,2-14H3. The molecule has 1 aliphatic heterocycles. The summed E-state index contributed by atoms with van der Waals surface area (Å²) in [6, 6.07) is 52.2. The topological polar surface area (TPSA) is 17.0 Å². The smallest absolute Gasteiger partial charge is 0.198 e. The fourth-order valence-corrected chi connectivity index (χ4v) is 13.4. The van der Waals surface area contributed by atoms with Gasteiger partial charge in [-0.05, 0) is 159 Å². The first-order chi connectivity index (χ1) is 33.5. The Kier molecular flexibility index (Phi) is 8.82. The average Bonchev–Trinajstić information content (AvgIpc) is 3.96. The number of hydrogen-bond acceptors (Lipinski definition) is 1. The number of fused-ring (bicyclic) bond motifs is 15. The average molecular weight is 921 g/mol. The van der Waals surface area contributed by atoms with E-state index in [0.29, 0.717) is 0 Å². The van der Waals surface area contributed by atoms with Gasteiger partial charge in [0.1, 0.15) is 0 Å². The number of rotatable bonds is 3. The summed E-state index contributed by atoms with van der Waals surface area (Å²) < 4.78 is 2.69. The quantitative estimate of drug-likeness (QED) is 0.175. The lowest BCUT2D eigenvalue weighted by atomic mass is 9.56. The van der Waals surface area contributed by atoms with Crippen molar-refractivity contribution in [3.05, 3.63) is 190 Å². The second kappa shape index (κ2) is 14.2. The van der Waals surface area contributed by atoms with Crippen LogP contribution in [-0.2, 0) is 27.1 Å². The van der Waals surface area contributed by atoms with Crippen LogP contribution in [0.25, 0.3) is 77.6 Å². The van der Waals surface area contributed by atoms with Crippen LogP contribution >= 0.6 is 0 Å². The highest BCUT2D eigenvalue weighted by Gasteiger charge is 2.45. The van der Waals surface area contributed by atoms with Crippen LogP contribution in [-0.4, -0.2) is 11.8 Å². The molecular weight excluding hydrogens is 856 g/mol. The molecule has 1 aromatic heterocycles. The molecule has 0 atom stereocenters. The van der Waals surface area contributed by atoms with Gasteiger partial charge in [-0.15, -0.1) is 0 Å². The van der Waals surface area contributed by atoms with E-state index in [9.17, 15) is 0 Å². The molecule has 2 heterocycles. The number of nitrogens with one attached hydrogen (secondary N) is 1. The number of nitrogens with zero attached hydrogens (tertiary/aromatic N) is 1. The molecule has 2 nitrogen and oxygen atoms in total. The minimum absolute atomic E-state index is 0.0148. The summed E-state index contributed by atoms with van der Waals surface area (Å²) in [5.74, 6) is 0. The zero-order valence-corrected chi connectivity index (χ0v) is 44.1. The molecule has 350 valence electrons. The Balaban J connectivity index is 1.19. The maximum absolute atomic E-state index is 4.85. The lowest BCUT2D eigenvalue weighted by molar-refractivity contribution is 0.590. The van der Waals surface area contributed by atoms with E-state index in [4.69, 9.17) is 6.58 Å². The monoisotopic (exact) mass is 921 g/mol. The van der Waals surface area contributed by atoms with E-state index >= 15 is 0 Å². The first-order valence-corrected chi connectivity index (χ1v) is 26.0. The summed E-state index contributed by atoms with van der Waals surface area (Å²) in [4.78, 5) is 0. The van der Waals surface area contributed by atoms with Crippen LogP contribution in [0.15, 0.2) is 140 Å². The Morgan fingerprint density at radius 3 is 1.79 bits per heavy atom. The highest BCUT2D eigenvalue weighted by atomic mass is 15.0. The van der Waals surface area contributed by atoms with Gasteiger partial charge in [0.05, 0.1) is 5.52 Å². The molecule has 9 aromatic rings. The lowest BCUT2D eigenvalue weighted by Gasteiger charge is -2.31. The van der Waals surface area contributed by atoms with Gasteiger partial charge in [-0.25, -0.2) is 0 Å². The predicted octanol–water partition coefficient (Wildman–Crippen LogP) is 16.4. The summed E-state index contributed by atoms with van der Waals surface area (Å²) in [7, 11) is 0.818. The first-order valence-electron chi connectivity index (χ1n) is 26.0. The van der Waals surface area contributed by atoms with E-state index in [1.54, 1.807) is 0 Å². The Labute approximate surface area is 422 Å². The van der Waals surface area contributed by atoms with Crippen molar-refractivity contribution in [2.24, 2.45) is 0 Å². The maximum Gasteiger partial charge on any atom is 0.198 e. The van der Waals surface area contributed by atoms with Crippen LogP contribution in [0.3, 0.4) is 0 Å². The normalized spacial score (nSPS) is 15.5. The molecule has 0 radical (unpaired) electrons. The highest BCUT2D eigenvalue weighted by molar-refractivity contribution is 6.74. The molecule has 0 bridgehead atoms. The van der Waals surface area contributed by atoms with Crippen molar-refractivity contribution in [2.75, 3.05) is 5.32 Å². The molecule has 0 amide bonds. The van der Waals surface area contributed by atoms with Gasteiger partial charge in [0, 0.05) is 49.7 Å². The molecule has 0 saturated carbocycles. The summed E-state index contributed by atoms with van der Waals surface area (Å²) in [5, 5.41) is 6.83. The SMILES string of the molecule is C=C1c2cc(C(C)(C)C)ccc2-c2cc(-c3c4c(c5c6cc(C(C)(C)C)ccc6n6c5c3Bc3cc5c(cc3-6)-c3ccccc3C5(C)C)-c3ccccc3C4(C)C)c(Nc3ccc(C(C)(C)C)cc3)cc21. The van der Waals surface area contributed by atoms with Gasteiger partial charge in [0.15, 0.2) is 7.28 Å². The number of anilines is 2. The van der Waals surface area contributed by atoms with Crippen LogP contribution in [0.1, 0.15) is 140 Å². The summed E-state index contributed by atoms with van der Waals surface area (Å²) in [6.07, 6.45) is 0. The van der Waals surface area contributed by atoms with Crippen molar-refractivity contribution in [1.82, 2.24) is 4.57 Å². The third-order valence-corrected chi connectivity index (χ3v) is 17.3. The first kappa shape index (κ1) is 44.1. The molecular formula is C68H65BN2.